The Morgan fingerprint density at radius 1 is 0.938 bits per heavy atom. The number of amides is 1. The van der Waals surface area contributed by atoms with Gasteiger partial charge >= 0.3 is 0 Å². The predicted octanol–water partition coefficient (Wildman–Crippen LogP) is 4.95. The Bertz CT molecular complexity index is 1200. The van der Waals surface area contributed by atoms with Gasteiger partial charge < -0.3 is 19.3 Å². The van der Waals surface area contributed by atoms with Crippen molar-refractivity contribution >= 4 is 11.6 Å². The maximum atomic E-state index is 12.3. The third kappa shape index (κ3) is 5.51. The average Bonchev–Trinajstić information content (AvgIpc) is 3.26. The number of aryl methyl sites for hydroxylation is 2. The second-order valence-electron chi connectivity index (χ2n) is 7.32. The van der Waals surface area contributed by atoms with E-state index in [0.29, 0.717) is 23.0 Å². The molecule has 32 heavy (non-hydrogen) atoms. The first-order chi connectivity index (χ1) is 15.6. The summed E-state index contributed by atoms with van der Waals surface area (Å²) in [6, 6.07) is 22.5. The van der Waals surface area contributed by atoms with Crippen molar-refractivity contribution in [3.05, 3.63) is 89.8 Å². The highest BCUT2D eigenvalue weighted by atomic mass is 16.5. The fraction of sp³-hybridized carbons (Fsp3) is 0.160. The summed E-state index contributed by atoms with van der Waals surface area (Å²) < 4.78 is 16.7. The van der Waals surface area contributed by atoms with Crippen molar-refractivity contribution in [3.8, 4) is 22.9 Å². The number of ether oxygens (including phenoxy) is 2. The molecule has 1 amide bonds. The molecule has 0 bridgehead atoms. The number of anilines is 1. The van der Waals surface area contributed by atoms with Crippen molar-refractivity contribution < 1.29 is 18.8 Å². The van der Waals surface area contributed by atoms with E-state index in [-0.39, 0.29) is 19.1 Å². The number of nitrogens with one attached hydrogen (secondary N) is 1. The third-order valence-electron chi connectivity index (χ3n) is 4.64. The van der Waals surface area contributed by atoms with Crippen LogP contribution in [-0.4, -0.2) is 22.7 Å². The highest BCUT2D eigenvalue weighted by Crippen LogP contribution is 2.28. The Balaban J connectivity index is 1.38. The summed E-state index contributed by atoms with van der Waals surface area (Å²) in [6.45, 7) is 3.98. The first kappa shape index (κ1) is 21.1. The molecule has 7 heteroatoms. The van der Waals surface area contributed by atoms with Crippen LogP contribution in [0.1, 0.15) is 17.0 Å². The molecule has 0 saturated carbocycles. The van der Waals surface area contributed by atoms with Crippen LogP contribution in [0.4, 0.5) is 5.69 Å². The number of aromatic nitrogens is 2. The second-order valence-corrected chi connectivity index (χ2v) is 7.32. The highest BCUT2D eigenvalue weighted by Gasteiger charge is 2.15. The van der Waals surface area contributed by atoms with E-state index in [1.165, 1.54) is 0 Å². The maximum absolute atomic E-state index is 12.3. The van der Waals surface area contributed by atoms with Crippen LogP contribution in [0.15, 0.2) is 77.3 Å². The van der Waals surface area contributed by atoms with Gasteiger partial charge in [0.2, 0.25) is 5.82 Å². The lowest BCUT2D eigenvalue weighted by molar-refractivity contribution is -0.118. The molecule has 4 aromatic rings. The monoisotopic (exact) mass is 429 g/mol. The van der Waals surface area contributed by atoms with Crippen molar-refractivity contribution in [2.45, 2.75) is 20.5 Å². The molecule has 0 radical (unpaired) electrons. The minimum atomic E-state index is -0.259. The smallest absolute Gasteiger partial charge is 0.264 e. The van der Waals surface area contributed by atoms with Crippen molar-refractivity contribution in [3.63, 3.8) is 0 Å². The van der Waals surface area contributed by atoms with Gasteiger partial charge in [-0.25, -0.2) is 0 Å². The van der Waals surface area contributed by atoms with Gasteiger partial charge in [0.1, 0.15) is 11.5 Å². The quantitative estimate of drug-likeness (QED) is 0.426. The van der Waals surface area contributed by atoms with Gasteiger partial charge in [-0.2, -0.15) is 4.98 Å². The summed E-state index contributed by atoms with van der Waals surface area (Å²) >= 11 is 0. The van der Waals surface area contributed by atoms with E-state index in [1.807, 2.05) is 80.6 Å². The number of benzene rings is 3. The van der Waals surface area contributed by atoms with Gasteiger partial charge in [0, 0.05) is 5.69 Å². The average molecular weight is 429 g/mol. The molecule has 0 saturated heterocycles. The number of hydrogen-bond acceptors (Lipinski definition) is 6. The van der Waals surface area contributed by atoms with Gasteiger partial charge in [-0.3, -0.25) is 4.79 Å². The predicted molar refractivity (Wildman–Crippen MR) is 121 cm³/mol. The van der Waals surface area contributed by atoms with Crippen LogP contribution in [0.5, 0.6) is 11.5 Å². The van der Waals surface area contributed by atoms with Crippen molar-refractivity contribution in [1.29, 1.82) is 0 Å². The lowest BCUT2D eigenvalue weighted by Crippen LogP contribution is -2.20. The molecule has 0 unspecified atom stereocenters. The van der Waals surface area contributed by atoms with Crippen LogP contribution in [0.3, 0.4) is 0 Å². The molecule has 3 aromatic carbocycles. The molecular weight excluding hydrogens is 406 g/mol. The molecular formula is C25H23N3O4. The van der Waals surface area contributed by atoms with Crippen molar-refractivity contribution in [2.24, 2.45) is 0 Å². The molecule has 0 aliphatic carbocycles. The van der Waals surface area contributed by atoms with Gasteiger partial charge in [0.25, 0.3) is 11.8 Å². The van der Waals surface area contributed by atoms with E-state index in [1.54, 1.807) is 6.07 Å². The summed E-state index contributed by atoms with van der Waals surface area (Å²) in [7, 11) is 0. The molecule has 1 aromatic heterocycles. The normalized spacial score (nSPS) is 10.6. The van der Waals surface area contributed by atoms with Crippen LogP contribution in [0.25, 0.3) is 11.4 Å². The van der Waals surface area contributed by atoms with Gasteiger partial charge in [-0.05, 0) is 55.8 Å². The summed E-state index contributed by atoms with van der Waals surface area (Å²) in [5.41, 5.74) is 3.57. The maximum Gasteiger partial charge on any atom is 0.264 e. The fourth-order valence-corrected chi connectivity index (χ4v) is 3.04. The number of para-hydroxylation sites is 1. The third-order valence-corrected chi connectivity index (χ3v) is 4.64. The molecule has 0 aliphatic rings. The molecule has 1 heterocycles. The van der Waals surface area contributed by atoms with E-state index in [2.05, 4.69) is 15.5 Å². The summed E-state index contributed by atoms with van der Waals surface area (Å²) in [6.07, 6.45) is 0. The van der Waals surface area contributed by atoms with Crippen LogP contribution in [0.2, 0.25) is 0 Å². The Morgan fingerprint density at radius 2 is 1.75 bits per heavy atom. The van der Waals surface area contributed by atoms with E-state index < -0.39 is 0 Å². The Kier molecular flexibility index (Phi) is 6.46. The SMILES string of the molecule is Cc1ccc(OCc2nc(-c3ccccc3OCC(=O)Nc3cccc(C)c3)no2)cc1. The Morgan fingerprint density at radius 3 is 2.56 bits per heavy atom. The number of carbonyl (C=O) groups excluding carboxylic acids is 1. The van der Waals surface area contributed by atoms with E-state index in [9.17, 15) is 4.79 Å². The van der Waals surface area contributed by atoms with Gasteiger partial charge in [-0.15, -0.1) is 0 Å². The number of carbonyl (C=O) groups is 1. The first-order valence-corrected chi connectivity index (χ1v) is 10.2. The molecule has 1 N–H and O–H groups in total. The standard InChI is InChI=1S/C25H23N3O4/c1-17-10-12-20(13-11-17)30-16-24-27-25(28-32-24)21-8-3-4-9-22(21)31-15-23(29)26-19-7-5-6-18(2)14-19/h3-14H,15-16H2,1-2H3,(H,26,29). The van der Waals surface area contributed by atoms with Gasteiger partial charge in [0.15, 0.2) is 13.2 Å². The Labute approximate surface area is 186 Å². The van der Waals surface area contributed by atoms with Crippen LogP contribution in [0, 0.1) is 13.8 Å². The summed E-state index contributed by atoms with van der Waals surface area (Å²) in [5.74, 6) is 1.65. The molecule has 0 spiro atoms. The van der Waals surface area contributed by atoms with Crippen LogP contribution in [-0.2, 0) is 11.4 Å². The van der Waals surface area contributed by atoms with E-state index in [4.69, 9.17) is 14.0 Å². The van der Waals surface area contributed by atoms with Crippen LogP contribution >= 0.6 is 0 Å². The summed E-state index contributed by atoms with van der Waals surface area (Å²) in [4.78, 5) is 16.7. The van der Waals surface area contributed by atoms with Gasteiger partial charge in [0.05, 0.1) is 5.56 Å². The van der Waals surface area contributed by atoms with E-state index >= 15 is 0 Å². The van der Waals surface area contributed by atoms with Crippen molar-refractivity contribution in [2.75, 3.05) is 11.9 Å². The minimum absolute atomic E-state index is 0.147. The molecule has 7 nitrogen and oxygen atoms in total. The number of hydrogen-bond donors (Lipinski definition) is 1. The molecule has 0 aliphatic heterocycles. The van der Waals surface area contributed by atoms with Crippen LogP contribution < -0.4 is 14.8 Å². The molecule has 0 fully saturated rings. The fourth-order valence-electron chi connectivity index (χ4n) is 3.04. The molecule has 162 valence electrons. The first-order valence-electron chi connectivity index (χ1n) is 10.2. The number of rotatable bonds is 8. The minimum Gasteiger partial charge on any atom is -0.484 e. The molecule has 4 rings (SSSR count). The van der Waals surface area contributed by atoms with E-state index in [0.717, 1.165) is 22.6 Å². The highest BCUT2D eigenvalue weighted by molar-refractivity contribution is 5.92. The zero-order chi connectivity index (χ0) is 22.3. The topological polar surface area (TPSA) is 86.5 Å². The lowest BCUT2D eigenvalue weighted by atomic mass is 10.2. The van der Waals surface area contributed by atoms with Gasteiger partial charge in [-0.1, -0.05) is 47.1 Å². The zero-order valence-corrected chi connectivity index (χ0v) is 17.9. The Hall–Kier alpha value is -4.13. The number of nitrogens with zero attached hydrogens (tertiary/aromatic N) is 2. The summed E-state index contributed by atoms with van der Waals surface area (Å²) in [5, 5.41) is 6.85. The van der Waals surface area contributed by atoms with Crippen molar-refractivity contribution in [1.82, 2.24) is 10.1 Å². The zero-order valence-electron chi connectivity index (χ0n) is 17.9. The lowest BCUT2D eigenvalue weighted by Gasteiger charge is -2.10. The second kappa shape index (κ2) is 9.78. The molecule has 0 atom stereocenters. The largest absolute Gasteiger partial charge is 0.484 e.